The van der Waals surface area contributed by atoms with E-state index in [4.69, 9.17) is 0 Å². The highest BCUT2D eigenvalue weighted by molar-refractivity contribution is 8.00. The molecule has 1 unspecified atom stereocenters. The molecule has 0 aliphatic carbocycles. The molecule has 0 fully saturated rings. The second kappa shape index (κ2) is 11.8. The number of amides is 2. The van der Waals surface area contributed by atoms with Gasteiger partial charge in [-0.3, -0.25) is 14.3 Å². The first kappa shape index (κ1) is 26.0. The molecule has 0 heterocycles. The van der Waals surface area contributed by atoms with Gasteiger partial charge in [0.1, 0.15) is 5.25 Å². The molecular formula is C28H25N3O4S2. The normalized spacial score (nSPS) is 11.8. The van der Waals surface area contributed by atoms with Crippen molar-refractivity contribution < 1.29 is 18.0 Å². The van der Waals surface area contributed by atoms with Crippen LogP contribution in [-0.2, 0) is 19.6 Å². The van der Waals surface area contributed by atoms with E-state index in [0.29, 0.717) is 17.1 Å². The zero-order valence-electron chi connectivity index (χ0n) is 19.9. The van der Waals surface area contributed by atoms with Crippen molar-refractivity contribution in [2.24, 2.45) is 0 Å². The number of hydrogen-bond donors (Lipinski definition) is 3. The number of carbonyl (C=O) groups excluding carboxylic acids is 2. The third kappa shape index (κ3) is 7.22. The topological polar surface area (TPSA) is 104 Å². The van der Waals surface area contributed by atoms with Crippen LogP contribution in [0.1, 0.15) is 17.7 Å². The first-order valence-electron chi connectivity index (χ1n) is 11.4. The number of sulfonamides is 1. The summed E-state index contributed by atoms with van der Waals surface area (Å²) in [5.74, 6) is -0.381. The molecule has 0 radical (unpaired) electrons. The molecule has 7 nitrogen and oxygen atoms in total. The van der Waals surface area contributed by atoms with Gasteiger partial charge in [0.25, 0.3) is 10.0 Å². The summed E-state index contributed by atoms with van der Waals surface area (Å²) >= 11 is 1.36. The van der Waals surface area contributed by atoms with E-state index in [2.05, 4.69) is 15.4 Å². The van der Waals surface area contributed by atoms with Crippen LogP contribution in [0.15, 0.2) is 119 Å². The summed E-state index contributed by atoms with van der Waals surface area (Å²) in [6.07, 6.45) is 0. The van der Waals surface area contributed by atoms with Gasteiger partial charge in [0, 0.05) is 28.9 Å². The molecule has 188 valence electrons. The van der Waals surface area contributed by atoms with Crippen molar-refractivity contribution in [3.05, 3.63) is 115 Å². The summed E-state index contributed by atoms with van der Waals surface area (Å²) < 4.78 is 27.8. The maximum Gasteiger partial charge on any atom is 0.261 e. The predicted octanol–water partition coefficient (Wildman–Crippen LogP) is 5.92. The summed E-state index contributed by atoms with van der Waals surface area (Å²) in [5, 5.41) is 5.08. The van der Waals surface area contributed by atoms with Crippen LogP contribution in [0.5, 0.6) is 0 Å². The van der Waals surface area contributed by atoms with Gasteiger partial charge in [-0.05, 0) is 66.2 Å². The molecule has 9 heteroatoms. The number of carbonyl (C=O) groups is 2. The van der Waals surface area contributed by atoms with Gasteiger partial charge in [0.05, 0.1) is 4.90 Å². The van der Waals surface area contributed by atoms with Gasteiger partial charge < -0.3 is 10.6 Å². The van der Waals surface area contributed by atoms with Gasteiger partial charge in [0.15, 0.2) is 0 Å². The molecule has 37 heavy (non-hydrogen) atoms. The molecule has 4 rings (SSSR count). The highest BCUT2D eigenvalue weighted by Gasteiger charge is 2.22. The van der Waals surface area contributed by atoms with E-state index in [0.717, 1.165) is 10.5 Å². The second-order valence-electron chi connectivity index (χ2n) is 8.10. The number of nitrogens with one attached hydrogen (secondary N) is 3. The lowest BCUT2D eigenvalue weighted by Crippen LogP contribution is -2.19. The maximum atomic E-state index is 13.3. The van der Waals surface area contributed by atoms with Gasteiger partial charge in [0.2, 0.25) is 11.8 Å². The Hall–Kier alpha value is -4.08. The molecule has 0 saturated carbocycles. The zero-order chi connectivity index (χ0) is 26.3. The average Bonchev–Trinajstić information content (AvgIpc) is 2.90. The fraction of sp³-hybridized carbons (Fsp3) is 0.0714. The van der Waals surface area contributed by atoms with Crippen LogP contribution in [0, 0.1) is 0 Å². The molecule has 4 aromatic rings. The van der Waals surface area contributed by atoms with E-state index in [1.165, 1.54) is 30.8 Å². The highest BCUT2D eigenvalue weighted by Crippen LogP contribution is 2.37. The maximum absolute atomic E-state index is 13.3. The van der Waals surface area contributed by atoms with Gasteiger partial charge in [-0.1, -0.05) is 48.5 Å². The lowest BCUT2D eigenvalue weighted by atomic mass is 10.1. The molecule has 2 amide bonds. The smallest absolute Gasteiger partial charge is 0.261 e. The number of benzene rings is 4. The van der Waals surface area contributed by atoms with Crippen LogP contribution >= 0.6 is 11.8 Å². The van der Waals surface area contributed by atoms with Gasteiger partial charge in [-0.2, -0.15) is 0 Å². The number of hydrogen-bond acceptors (Lipinski definition) is 5. The summed E-state index contributed by atoms with van der Waals surface area (Å²) in [5.41, 5.74) is 2.50. The quantitative estimate of drug-likeness (QED) is 0.233. The molecular weight excluding hydrogens is 506 g/mol. The summed E-state index contributed by atoms with van der Waals surface area (Å²) in [4.78, 5) is 25.5. The highest BCUT2D eigenvalue weighted by atomic mass is 32.2. The third-order valence-electron chi connectivity index (χ3n) is 5.23. The average molecular weight is 532 g/mol. The van der Waals surface area contributed by atoms with E-state index in [1.54, 1.807) is 66.7 Å². The molecule has 0 saturated heterocycles. The SMILES string of the molecule is CC(=O)Nc1ccc(NC(=O)C(Sc2ccc(NS(=O)(=O)c3ccccc3)cc2)c2ccccc2)cc1. The van der Waals surface area contributed by atoms with Crippen LogP contribution in [0.4, 0.5) is 17.1 Å². The fourth-order valence-electron chi connectivity index (χ4n) is 3.50. The van der Waals surface area contributed by atoms with Crippen molar-refractivity contribution in [2.75, 3.05) is 15.4 Å². The van der Waals surface area contributed by atoms with Crippen LogP contribution in [0.25, 0.3) is 0 Å². The van der Waals surface area contributed by atoms with Crippen molar-refractivity contribution in [3.63, 3.8) is 0 Å². The molecule has 4 aromatic carbocycles. The van der Waals surface area contributed by atoms with Crippen LogP contribution in [0.3, 0.4) is 0 Å². The summed E-state index contributed by atoms with van der Waals surface area (Å²) in [6.45, 7) is 1.43. The Labute approximate surface area is 220 Å². The van der Waals surface area contributed by atoms with Crippen molar-refractivity contribution in [2.45, 2.75) is 22.0 Å². The summed E-state index contributed by atoms with van der Waals surface area (Å²) in [6, 6.07) is 31.3. The molecule has 0 aliphatic rings. The van der Waals surface area contributed by atoms with E-state index < -0.39 is 15.3 Å². The van der Waals surface area contributed by atoms with Gasteiger partial charge in [-0.15, -0.1) is 11.8 Å². The molecule has 0 bridgehead atoms. The van der Waals surface area contributed by atoms with Crippen molar-refractivity contribution in [3.8, 4) is 0 Å². The lowest BCUT2D eigenvalue weighted by Gasteiger charge is -2.18. The van der Waals surface area contributed by atoms with Crippen molar-refractivity contribution >= 4 is 50.7 Å². The fourth-order valence-corrected chi connectivity index (χ4v) is 5.60. The Kier molecular flexibility index (Phi) is 8.27. The lowest BCUT2D eigenvalue weighted by molar-refractivity contribution is -0.116. The first-order chi connectivity index (χ1) is 17.8. The standard InChI is InChI=1S/C28H25N3O4S2/c1-20(32)29-22-12-14-23(15-13-22)30-28(33)27(21-8-4-2-5-9-21)36-25-18-16-24(17-19-25)31-37(34,35)26-10-6-3-7-11-26/h2-19,27,31H,1H3,(H,29,32)(H,30,33). The Morgan fingerprint density at radius 1 is 0.676 bits per heavy atom. The number of rotatable bonds is 9. The molecule has 1 atom stereocenters. The number of thioether (sulfide) groups is 1. The molecule has 0 aliphatic heterocycles. The third-order valence-corrected chi connectivity index (χ3v) is 7.89. The molecule has 0 aromatic heterocycles. The Morgan fingerprint density at radius 2 is 1.19 bits per heavy atom. The van der Waals surface area contributed by atoms with E-state index in [9.17, 15) is 18.0 Å². The van der Waals surface area contributed by atoms with E-state index in [-0.39, 0.29) is 16.7 Å². The minimum Gasteiger partial charge on any atom is -0.326 e. The first-order valence-corrected chi connectivity index (χ1v) is 13.7. The van der Waals surface area contributed by atoms with Crippen LogP contribution in [0.2, 0.25) is 0 Å². The predicted molar refractivity (Wildman–Crippen MR) is 148 cm³/mol. The molecule has 0 spiro atoms. The minimum absolute atomic E-state index is 0.170. The number of anilines is 3. The largest absolute Gasteiger partial charge is 0.326 e. The zero-order valence-corrected chi connectivity index (χ0v) is 21.6. The second-order valence-corrected chi connectivity index (χ2v) is 11.0. The Balaban J connectivity index is 1.49. The summed E-state index contributed by atoms with van der Waals surface area (Å²) in [7, 11) is -3.69. The van der Waals surface area contributed by atoms with Crippen LogP contribution < -0.4 is 15.4 Å². The van der Waals surface area contributed by atoms with Gasteiger partial charge >= 0.3 is 0 Å². The Morgan fingerprint density at radius 3 is 1.76 bits per heavy atom. The monoisotopic (exact) mass is 531 g/mol. The van der Waals surface area contributed by atoms with Gasteiger partial charge in [-0.25, -0.2) is 8.42 Å². The molecule has 3 N–H and O–H groups in total. The van der Waals surface area contributed by atoms with Crippen molar-refractivity contribution in [1.29, 1.82) is 0 Å². The Bertz CT molecular complexity index is 1460. The van der Waals surface area contributed by atoms with Crippen molar-refractivity contribution in [1.82, 2.24) is 0 Å². The minimum atomic E-state index is -3.69. The van der Waals surface area contributed by atoms with Crippen LogP contribution in [-0.4, -0.2) is 20.2 Å². The van der Waals surface area contributed by atoms with E-state index in [1.807, 2.05) is 30.3 Å². The van der Waals surface area contributed by atoms with E-state index >= 15 is 0 Å².